The van der Waals surface area contributed by atoms with Crippen LogP contribution in [0.2, 0.25) is 0 Å². The third kappa shape index (κ3) is 4.70. The van der Waals surface area contributed by atoms with E-state index in [4.69, 9.17) is 5.73 Å². The Bertz CT molecular complexity index is 906. The molecule has 130 valence electrons. The van der Waals surface area contributed by atoms with Crippen molar-refractivity contribution in [2.75, 3.05) is 16.4 Å². The standard InChI is InChI=1S/C21H19N3O2/c22-17-11-9-15(10-12-17)13-20(25)23-18-7-4-8-19(14-18)24-21(26)16-5-2-1-3-6-16/h1-12,14H,13,22H2,(H,23,25)(H,24,26). The molecule has 0 aromatic heterocycles. The molecular formula is C21H19N3O2. The van der Waals surface area contributed by atoms with Crippen LogP contribution in [0.4, 0.5) is 17.1 Å². The van der Waals surface area contributed by atoms with Gasteiger partial charge in [0.1, 0.15) is 0 Å². The highest BCUT2D eigenvalue weighted by Gasteiger charge is 2.07. The molecule has 3 aromatic rings. The van der Waals surface area contributed by atoms with Gasteiger partial charge in [-0.1, -0.05) is 36.4 Å². The minimum absolute atomic E-state index is 0.138. The van der Waals surface area contributed by atoms with E-state index in [1.807, 2.05) is 30.3 Å². The van der Waals surface area contributed by atoms with Gasteiger partial charge < -0.3 is 16.4 Å². The first kappa shape index (κ1) is 17.2. The number of amides is 2. The third-order valence-electron chi connectivity index (χ3n) is 3.78. The second-order valence-electron chi connectivity index (χ2n) is 5.87. The van der Waals surface area contributed by atoms with E-state index < -0.39 is 0 Å². The molecule has 0 aliphatic rings. The van der Waals surface area contributed by atoms with Crippen LogP contribution in [0, 0.1) is 0 Å². The average molecular weight is 345 g/mol. The number of rotatable bonds is 5. The maximum Gasteiger partial charge on any atom is 0.255 e. The minimum atomic E-state index is -0.198. The smallest absolute Gasteiger partial charge is 0.255 e. The molecule has 3 aromatic carbocycles. The number of nitrogens with two attached hydrogens (primary N) is 1. The molecule has 5 nitrogen and oxygen atoms in total. The van der Waals surface area contributed by atoms with Gasteiger partial charge in [-0.05, 0) is 48.0 Å². The van der Waals surface area contributed by atoms with Crippen molar-refractivity contribution < 1.29 is 9.59 Å². The number of benzene rings is 3. The van der Waals surface area contributed by atoms with Crippen molar-refractivity contribution in [2.45, 2.75) is 6.42 Å². The Labute approximate surface area is 151 Å². The van der Waals surface area contributed by atoms with Crippen molar-refractivity contribution >= 4 is 28.9 Å². The molecule has 26 heavy (non-hydrogen) atoms. The van der Waals surface area contributed by atoms with Crippen LogP contribution in [0.25, 0.3) is 0 Å². The summed E-state index contributed by atoms with van der Waals surface area (Å²) in [6, 6.07) is 23.2. The Morgan fingerprint density at radius 3 is 2.12 bits per heavy atom. The third-order valence-corrected chi connectivity index (χ3v) is 3.78. The molecule has 0 aliphatic carbocycles. The van der Waals surface area contributed by atoms with Crippen LogP contribution >= 0.6 is 0 Å². The molecule has 0 radical (unpaired) electrons. The van der Waals surface area contributed by atoms with E-state index in [0.29, 0.717) is 22.6 Å². The Morgan fingerprint density at radius 1 is 0.769 bits per heavy atom. The van der Waals surface area contributed by atoms with Crippen molar-refractivity contribution in [3.8, 4) is 0 Å². The predicted octanol–water partition coefficient (Wildman–Crippen LogP) is 3.70. The van der Waals surface area contributed by atoms with Crippen LogP contribution < -0.4 is 16.4 Å². The number of carbonyl (C=O) groups excluding carboxylic acids is 2. The monoisotopic (exact) mass is 345 g/mol. The highest BCUT2D eigenvalue weighted by molar-refractivity contribution is 6.04. The van der Waals surface area contributed by atoms with Crippen molar-refractivity contribution in [2.24, 2.45) is 0 Å². The lowest BCUT2D eigenvalue weighted by Gasteiger charge is -2.09. The first-order valence-electron chi connectivity index (χ1n) is 8.21. The van der Waals surface area contributed by atoms with Gasteiger partial charge in [0.2, 0.25) is 5.91 Å². The largest absolute Gasteiger partial charge is 0.399 e. The van der Waals surface area contributed by atoms with E-state index in [1.165, 1.54) is 0 Å². The maximum absolute atomic E-state index is 12.2. The van der Waals surface area contributed by atoms with E-state index in [9.17, 15) is 9.59 Å². The summed E-state index contributed by atoms with van der Waals surface area (Å²) in [6.07, 6.45) is 0.251. The summed E-state index contributed by atoms with van der Waals surface area (Å²) in [5.74, 6) is -0.336. The molecule has 4 N–H and O–H groups in total. The molecule has 0 heterocycles. The molecule has 0 spiro atoms. The Morgan fingerprint density at radius 2 is 1.42 bits per heavy atom. The number of carbonyl (C=O) groups is 2. The summed E-state index contributed by atoms with van der Waals surface area (Å²) in [4.78, 5) is 24.4. The zero-order chi connectivity index (χ0) is 18.4. The van der Waals surface area contributed by atoms with E-state index in [0.717, 1.165) is 5.56 Å². The van der Waals surface area contributed by atoms with Gasteiger partial charge >= 0.3 is 0 Å². The van der Waals surface area contributed by atoms with Crippen LogP contribution in [-0.2, 0) is 11.2 Å². The second kappa shape index (κ2) is 7.98. The topological polar surface area (TPSA) is 84.2 Å². The van der Waals surface area contributed by atoms with Gasteiger partial charge in [-0.3, -0.25) is 9.59 Å². The molecule has 0 atom stereocenters. The Balaban J connectivity index is 1.62. The molecule has 0 fully saturated rings. The van der Waals surface area contributed by atoms with E-state index in [1.54, 1.807) is 48.5 Å². The molecular weight excluding hydrogens is 326 g/mol. The van der Waals surface area contributed by atoms with Crippen LogP contribution in [0.15, 0.2) is 78.9 Å². The minimum Gasteiger partial charge on any atom is -0.399 e. The Hall–Kier alpha value is -3.60. The number of anilines is 3. The fourth-order valence-electron chi connectivity index (χ4n) is 2.49. The first-order chi connectivity index (χ1) is 12.6. The lowest BCUT2D eigenvalue weighted by atomic mass is 10.1. The highest BCUT2D eigenvalue weighted by Crippen LogP contribution is 2.17. The van der Waals surface area contributed by atoms with Gasteiger partial charge in [0.05, 0.1) is 6.42 Å². The zero-order valence-corrected chi connectivity index (χ0v) is 14.1. The number of nitrogen functional groups attached to an aromatic ring is 1. The molecule has 0 saturated carbocycles. The lowest BCUT2D eigenvalue weighted by Crippen LogP contribution is -2.15. The van der Waals surface area contributed by atoms with Crippen LogP contribution in [0.1, 0.15) is 15.9 Å². The molecule has 5 heteroatoms. The van der Waals surface area contributed by atoms with Crippen molar-refractivity contribution in [1.82, 2.24) is 0 Å². The fraction of sp³-hybridized carbons (Fsp3) is 0.0476. The summed E-state index contributed by atoms with van der Waals surface area (Å²) in [6.45, 7) is 0. The van der Waals surface area contributed by atoms with Gasteiger partial charge in [0.15, 0.2) is 0 Å². The molecule has 3 rings (SSSR count). The van der Waals surface area contributed by atoms with Crippen molar-refractivity contribution in [1.29, 1.82) is 0 Å². The van der Waals surface area contributed by atoms with Crippen molar-refractivity contribution in [3.05, 3.63) is 90.0 Å². The van der Waals surface area contributed by atoms with E-state index in [-0.39, 0.29) is 18.2 Å². The summed E-state index contributed by atoms with van der Waals surface area (Å²) in [5.41, 5.74) is 9.00. The van der Waals surface area contributed by atoms with E-state index >= 15 is 0 Å². The SMILES string of the molecule is Nc1ccc(CC(=O)Nc2cccc(NC(=O)c3ccccc3)c2)cc1. The quantitative estimate of drug-likeness (QED) is 0.617. The summed E-state index contributed by atoms with van der Waals surface area (Å²) in [7, 11) is 0. The van der Waals surface area contributed by atoms with Gasteiger partial charge in [-0.2, -0.15) is 0 Å². The number of nitrogens with one attached hydrogen (secondary N) is 2. The predicted molar refractivity (Wildman–Crippen MR) is 104 cm³/mol. The van der Waals surface area contributed by atoms with Gasteiger partial charge in [0.25, 0.3) is 5.91 Å². The van der Waals surface area contributed by atoms with Gasteiger partial charge in [0, 0.05) is 22.6 Å². The average Bonchev–Trinajstić information content (AvgIpc) is 2.64. The van der Waals surface area contributed by atoms with Crippen LogP contribution in [0.5, 0.6) is 0 Å². The number of hydrogen-bond donors (Lipinski definition) is 3. The molecule has 0 bridgehead atoms. The first-order valence-corrected chi connectivity index (χ1v) is 8.21. The number of hydrogen-bond acceptors (Lipinski definition) is 3. The summed E-state index contributed by atoms with van der Waals surface area (Å²) >= 11 is 0. The van der Waals surface area contributed by atoms with Gasteiger partial charge in [-0.25, -0.2) is 0 Å². The van der Waals surface area contributed by atoms with Crippen LogP contribution in [-0.4, -0.2) is 11.8 Å². The van der Waals surface area contributed by atoms with E-state index in [2.05, 4.69) is 10.6 Å². The normalized spacial score (nSPS) is 10.2. The van der Waals surface area contributed by atoms with Gasteiger partial charge in [-0.15, -0.1) is 0 Å². The molecule has 0 saturated heterocycles. The molecule has 0 unspecified atom stereocenters. The van der Waals surface area contributed by atoms with Crippen LogP contribution in [0.3, 0.4) is 0 Å². The summed E-state index contributed by atoms with van der Waals surface area (Å²) < 4.78 is 0. The molecule has 0 aliphatic heterocycles. The zero-order valence-electron chi connectivity index (χ0n) is 14.1. The van der Waals surface area contributed by atoms with Crippen molar-refractivity contribution in [3.63, 3.8) is 0 Å². The molecule has 2 amide bonds. The lowest BCUT2D eigenvalue weighted by molar-refractivity contribution is -0.115. The Kier molecular flexibility index (Phi) is 5.29. The fourth-order valence-corrected chi connectivity index (χ4v) is 2.49. The second-order valence-corrected chi connectivity index (χ2v) is 5.87. The summed E-state index contributed by atoms with van der Waals surface area (Å²) in [5, 5.41) is 5.66. The maximum atomic E-state index is 12.2. The highest BCUT2D eigenvalue weighted by atomic mass is 16.2.